The van der Waals surface area contributed by atoms with Crippen LogP contribution >= 0.6 is 0 Å². The molecule has 0 spiro atoms. The van der Waals surface area contributed by atoms with Gasteiger partial charge in [0.05, 0.1) is 18.1 Å². The molecule has 0 amide bonds. The normalized spacial score (nSPS) is 10.8. The number of aliphatic hydroxyl groups is 2. The summed E-state index contributed by atoms with van der Waals surface area (Å²) in [5.41, 5.74) is 1.70. The number of hydrogen-bond acceptors (Lipinski definition) is 6. The molecule has 0 saturated heterocycles. The number of ether oxygens (including phenoxy) is 2. The SMILES string of the molecule is O=[N+]([O-])c1ccc(/C=C/c2ccc(OCCO)c(OCCO)c2)cc1. The van der Waals surface area contributed by atoms with Gasteiger partial charge in [0.2, 0.25) is 0 Å². The summed E-state index contributed by atoms with van der Waals surface area (Å²) in [6, 6.07) is 11.5. The van der Waals surface area contributed by atoms with Crippen LogP contribution in [0.4, 0.5) is 5.69 Å². The molecule has 2 rings (SSSR count). The van der Waals surface area contributed by atoms with E-state index in [2.05, 4.69) is 0 Å². The highest BCUT2D eigenvalue weighted by Crippen LogP contribution is 2.29. The van der Waals surface area contributed by atoms with Gasteiger partial charge in [-0.15, -0.1) is 0 Å². The molecule has 0 aliphatic heterocycles. The molecule has 0 aliphatic carbocycles. The number of aliphatic hydroxyl groups excluding tert-OH is 2. The fourth-order valence-electron chi connectivity index (χ4n) is 2.07. The van der Waals surface area contributed by atoms with Crippen LogP contribution in [0.1, 0.15) is 11.1 Å². The Morgan fingerprint density at radius 2 is 1.44 bits per heavy atom. The van der Waals surface area contributed by atoms with Crippen molar-refractivity contribution in [2.45, 2.75) is 0 Å². The van der Waals surface area contributed by atoms with Crippen LogP contribution in [0.2, 0.25) is 0 Å². The molecule has 7 nitrogen and oxygen atoms in total. The Kier molecular flexibility index (Phi) is 6.94. The van der Waals surface area contributed by atoms with Crippen molar-refractivity contribution < 1.29 is 24.6 Å². The topological polar surface area (TPSA) is 102 Å². The summed E-state index contributed by atoms with van der Waals surface area (Å²) < 4.78 is 10.8. The van der Waals surface area contributed by atoms with Crippen LogP contribution in [0, 0.1) is 10.1 Å². The van der Waals surface area contributed by atoms with Gasteiger partial charge in [-0.25, -0.2) is 0 Å². The Hall–Kier alpha value is -2.90. The molecule has 2 N–H and O–H groups in total. The minimum Gasteiger partial charge on any atom is -0.487 e. The fraction of sp³-hybridized carbons (Fsp3) is 0.222. The molecule has 7 heteroatoms. The van der Waals surface area contributed by atoms with Crippen molar-refractivity contribution in [2.24, 2.45) is 0 Å². The zero-order valence-corrected chi connectivity index (χ0v) is 13.5. The fourth-order valence-corrected chi connectivity index (χ4v) is 2.07. The highest BCUT2D eigenvalue weighted by Gasteiger charge is 2.06. The van der Waals surface area contributed by atoms with E-state index in [0.29, 0.717) is 11.5 Å². The number of non-ortho nitro benzene ring substituents is 1. The molecule has 0 bridgehead atoms. The molecule has 0 radical (unpaired) electrons. The second kappa shape index (κ2) is 9.41. The van der Waals surface area contributed by atoms with Crippen molar-refractivity contribution in [3.63, 3.8) is 0 Å². The Balaban J connectivity index is 2.15. The summed E-state index contributed by atoms with van der Waals surface area (Å²) in [5, 5.41) is 28.4. The van der Waals surface area contributed by atoms with Crippen molar-refractivity contribution in [1.82, 2.24) is 0 Å². The van der Waals surface area contributed by atoms with Gasteiger partial charge < -0.3 is 19.7 Å². The molecular formula is C18H19NO6. The van der Waals surface area contributed by atoms with Gasteiger partial charge in [0.1, 0.15) is 13.2 Å². The molecule has 2 aromatic carbocycles. The molecule has 132 valence electrons. The maximum Gasteiger partial charge on any atom is 0.269 e. The molecule has 0 atom stereocenters. The number of benzene rings is 2. The van der Waals surface area contributed by atoms with Crippen LogP contribution in [0.15, 0.2) is 42.5 Å². The number of nitro benzene ring substituents is 1. The standard InChI is InChI=1S/C18H19NO6/c20-9-11-24-17-8-5-15(13-18(17)25-12-10-21)2-1-14-3-6-16(7-4-14)19(22)23/h1-8,13,20-21H,9-12H2/b2-1+. The Labute approximate surface area is 144 Å². The molecule has 0 heterocycles. The van der Waals surface area contributed by atoms with E-state index >= 15 is 0 Å². The van der Waals surface area contributed by atoms with E-state index in [9.17, 15) is 10.1 Å². The van der Waals surface area contributed by atoms with Crippen LogP contribution in [-0.2, 0) is 0 Å². The van der Waals surface area contributed by atoms with E-state index in [1.807, 2.05) is 18.2 Å². The summed E-state index contributed by atoms with van der Waals surface area (Å²) in [6.07, 6.45) is 3.66. The smallest absolute Gasteiger partial charge is 0.269 e. The molecule has 0 saturated carbocycles. The summed E-state index contributed by atoms with van der Waals surface area (Å²) in [6.45, 7) is 0.0437. The Morgan fingerprint density at radius 1 is 0.880 bits per heavy atom. The number of hydrogen-bond donors (Lipinski definition) is 2. The van der Waals surface area contributed by atoms with E-state index in [-0.39, 0.29) is 32.1 Å². The summed E-state index contributed by atoms with van der Waals surface area (Å²) in [7, 11) is 0. The van der Waals surface area contributed by atoms with Gasteiger partial charge in [0.25, 0.3) is 5.69 Å². The first-order chi connectivity index (χ1) is 12.1. The lowest BCUT2D eigenvalue weighted by atomic mass is 10.1. The molecule has 0 unspecified atom stereocenters. The zero-order chi connectivity index (χ0) is 18.1. The van der Waals surface area contributed by atoms with Crippen LogP contribution in [0.3, 0.4) is 0 Å². The second-order valence-electron chi connectivity index (χ2n) is 5.03. The number of rotatable bonds is 9. The third-order valence-corrected chi connectivity index (χ3v) is 3.24. The summed E-state index contributed by atoms with van der Waals surface area (Å²) in [4.78, 5) is 10.2. The van der Waals surface area contributed by atoms with E-state index in [0.717, 1.165) is 11.1 Å². The minimum atomic E-state index is -0.441. The van der Waals surface area contributed by atoms with Gasteiger partial charge >= 0.3 is 0 Å². The van der Waals surface area contributed by atoms with Crippen LogP contribution in [0.5, 0.6) is 11.5 Å². The first-order valence-corrected chi connectivity index (χ1v) is 7.68. The third-order valence-electron chi connectivity index (χ3n) is 3.24. The van der Waals surface area contributed by atoms with E-state index in [1.54, 1.807) is 24.3 Å². The molecule has 0 fully saturated rings. The highest BCUT2D eigenvalue weighted by atomic mass is 16.6. The van der Waals surface area contributed by atoms with Crippen LogP contribution in [0.25, 0.3) is 12.2 Å². The highest BCUT2D eigenvalue weighted by molar-refractivity contribution is 5.71. The average molecular weight is 345 g/mol. The third kappa shape index (κ3) is 5.59. The quantitative estimate of drug-likeness (QED) is 0.411. The van der Waals surface area contributed by atoms with Gasteiger partial charge in [-0.3, -0.25) is 10.1 Å². The van der Waals surface area contributed by atoms with Gasteiger partial charge in [0.15, 0.2) is 11.5 Å². The van der Waals surface area contributed by atoms with Crippen LogP contribution in [-0.4, -0.2) is 41.6 Å². The lowest BCUT2D eigenvalue weighted by Crippen LogP contribution is -2.06. The van der Waals surface area contributed by atoms with E-state index < -0.39 is 4.92 Å². The predicted molar refractivity (Wildman–Crippen MR) is 93.6 cm³/mol. The lowest BCUT2D eigenvalue weighted by Gasteiger charge is -2.12. The first kappa shape index (κ1) is 18.4. The van der Waals surface area contributed by atoms with Gasteiger partial charge in [-0.05, 0) is 35.4 Å². The van der Waals surface area contributed by atoms with E-state index in [1.165, 1.54) is 12.1 Å². The number of nitro groups is 1. The van der Waals surface area contributed by atoms with Crippen LogP contribution < -0.4 is 9.47 Å². The Morgan fingerprint density at radius 3 is 2.04 bits per heavy atom. The maximum absolute atomic E-state index is 10.7. The predicted octanol–water partition coefficient (Wildman–Crippen LogP) is 2.51. The van der Waals surface area contributed by atoms with Crippen molar-refractivity contribution in [2.75, 3.05) is 26.4 Å². The van der Waals surface area contributed by atoms with Crippen molar-refractivity contribution in [3.8, 4) is 11.5 Å². The average Bonchev–Trinajstić information content (AvgIpc) is 2.64. The monoisotopic (exact) mass is 345 g/mol. The summed E-state index contributed by atoms with van der Waals surface area (Å²) >= 11 is 0. The zero-order valence-electron chi connectivity index (χ0n) is 13.5. The van der Waals surface area contributed by atoms with E-state index in [4.69, 9.17) is 19.7 Å². The molecule has 0 aromatic heterocycles. The first-order valence-electron chi connectivity index (χ1n) is 7.68. The summed E-state index contributed by atoms with van der Waals surface area (Å²) in [5.74, 6) is 0.948. The van der Waals surface area contributed by atoms with Gasteiger partial charge in [-0.1, -0.05) is 18.2 Å². The maximum atomic E-state index is 10.7. The van der Waals surface area contributed by atoms with Gasteiger partial charge in [0, 0.05) is 12.1 Å². The Bertz CT molecular complexity index is 727. The van der Waals surface area contributed by atoms with Crippen molar-refractivity contribution >= 4 is 17.8 Å². The number of nitrogens with zero attached hydrogens (tertiary/aromatic N) is 1. The molecule has 25 heavy (non-hydrogen) atoms. The largest absolute Gasteiger partial charge is 0.487 e. The minimum absolute atomic E-state index is 0.0437. The molecule has 2 aromatic rings. The van der Waals surface area contributed by atoms with Gasteiger partial charge in [-0.2, -0.15) is 0 Å². The molecular weight excluding hydrogens is 326 g/mol. The second-order valence-corrected chi connectivity index (χ2v) is 5.03. The van der Waals surface area contributed by atoms with Crippen molar-refractivity contribution in [1.29, 1.82) is 0 Å². The molecule has 0 aliphatic rings. The van der Waals surface area contributed by atoms with Crippen molar-refractivity contribution in [3.05, 3.63) is 63.7 Å². The lowest BCUT2D eigenvalue weighted by molar-refractivity contribution is -0.384.